The number of rotatable bonds is 14. The fourth-order valence-corrected chi connectivity index (χ4v) is 4.36. The minimum absolute atomic E-state index is 0.0523. The number of para-hydroxylation sites is 2. The molecule has 3 rings (SSSR count). The lowest BCUT2D eigenvalue weighted by Gasteiger charge is -2.26. The highest BCUT2D eigenvalue weighted by atomic mass is 32.2. The summed E-state index contributed by atoms with van der Waals surface area (Å²) in [6.07, 6.45) is 2.85. The summed E-state index contributed by atoms with van der Waals surface area (Å²) in [6, 6.07) is 10.6. The van der Waals surface area contributed by atoms with Crippen molar-refractivity contribution in [2.75, 3.05) is 72.7 Å². The minimum atomic E-state index is -3.48. The van der Waals surface area contributed by atoms with E-state index in [0.29, 0.717) is 40.9 Å². The van der Waals surface area contributed by atoms with E-state index in [2.05, 4.69) is 42.1 Å². The predicted octanol–water partition coefficient (Wildman–Crippen LogP) is 4.16. The number of hydrogen-bond acceptors (Lipinski definition) is 10. The standard InChI is InChI=1S/C28H38N8O4S/c1-8-26(37)30-22-16-23(25(40-7)17-24(22)36(6)15-14-35(4)5)32-28-29-18-19(3)27(33-28)31-20-12-10-11-13-21(20)34-41(38,39)9-2/h8,10-13,16-18,34H,1,9,14-15H2,2-7H3,(H,30,37)(H2,29,31,32,33). The number of likely N-dealkylation sites (N-methyl/N-ethyl adjacent to an activating group) is 2. The van der Waals surface area contributed by atoms with Gasteiger partial charge in [-0.25, -0.2) is 13.4 Å². The zero-order valence-electron chi connectivity index (χ0n) is 24.3. The molecule has 3 aromatic rings. The van der Waals surface area contributed by atoms with Crippen molar-refractivity contribution in [3.63, 3.8) is 0 Å². The first-order valence-electron chi connectivity index (χ1n) is 12.9. The Hall–Kier alpha value is -4.36. The van der Waals surface area contributed by atoms with Gasteiger partial charge in [-0.2, -0.15) is 4.98 Å². The first-order chi connectivity index (χ1) is 19.5. The maximum atomic E-state index is 12.3. The van der Waals surface area contributed by atoms with Crippen molar-refractivity contribution in [3.8, 4) is 5.75 Å². The highest BCUT2D eigenvalue weighted by Gasteiger charge is 2.17. The van der Waals surface area contributed by atoms with Gasteiger partial charge < -0.3 is 30.5 Å². The van der Waals surface area contributed by atoms with Gasteiger partial charge in [0.05, 0.1) is 41.3 Å². The summed E-state index contributed by atoms with van der Waals surface area (Å²) >= 11 is 0. The van der Waals surface area contributed by atoms with Gasteiger partial charge in [-0.3, -0.25) is 9.52 Å². The molecule has 12 nitrogen and oxygen atoms in total. The predicted molar refractivity (Wildman–Crippen MR) is 167 cm³/mol. The molecule has 2 aromatic carbocycles. The van der Waals surface area contributed by atoms with Gasteiger partial charge in [0.25, 0.3) is 0 Å². The van der Waals surface area contributed by atoms with E-state index >= 15 is 0 Å². The number of aryl methyl sites for hydroxylation is 1. The van der Waals surface area contributed by atoms with E-state index in [9.17, 15) is 13.2 Å². The lowest BCUT2D eigenvalue weighted by molar-refractivity contribution is -0.111. The number of anilines is 7. The molecule has 1 heterocycles. The number of nitrogens with one attached hydrogen (secondary N) is 4. The quantitative estimate of drug-likeness (QED) is 0.205. The van der Waals surface area contributed by atoms with Crippen LogP contribution in [0.1, 0.15) is 12.5 Å². The molecule has 0 saturated carbocycles. The van der Waals surface area contributed by atoms with E-state index in [1.807, 2.05) is 39.0 Å². The van der Waals surface area contributed by atoms with Crippen molar-refractivity contribution >= 4 is 56.1 Å². The lowest BCUT2D eigenvalue weighted by atomic mass is 10.2. The van der Waals surface area contributed by atoms with Crippen LogP contribution in [0.15, 0.2) is 55.3 Å². The third-order valence-electron chi connectivity index (χ3n) is 6.10. The van der Waals surface area contributed by atoms with E-state index in [4.69, 9.17) is 4.74 Å². The van der Waals surface area contributed by atoms with Crippen LogP contribution in [0.25, 0.3) is 0 Å². The Morgan fingerprint density at radius 3 is 2.39 bits per heavy atom. The average Bonchev–Trinajstić information content (AvgIpc) is 2.94. The van der Waals surface area contributed by atoms with Crippen LogP contribution in [0.5, 0.6) is 5.75 Å². The zero-order chi connectivity index (χ0) is 30.2. The van der Waals surface area contributed by atoms with Crippen molar-refractivity contribution in [1.82, 2.24) is 14.9 Å². The maximum absolute atomic E-state index is 12.3. The monoisotopic (exact) mass is 582 g/mol. The van der Waals surface area contributed by atoms with Crippen LogP contribution in [0.3, 0.4) is 0 Å². The number of sulfonamides is 1. The molecule has 0 aliphatic heterocycles. The van der Waals surface area contributed by atoms with Crippen LogP contribution >= 0.6 is 0 Å². The molecule has 13 heteroatoms. The Balaban J connectivity index is 1.96. The second-order valence-corrected chi connectivity index (χ2v) is 11.5. The van der Waals surface area contributed by atoms with Crippen molar-refractivity contribution in [2.24, 2.45) is 0 Å². The number of methoxy groups -OCH3 is 1. The van der Waals surface area contributed by atoms with Crippen molar-refractivity contribution in [2.45, 2.75) is 13.8 Å². The molecule has 0 radical (unpaired) electrons. The summed E-state index contributed by atoms with van der Waals surface area (Å²) in [5, 5.41) is 9.26. The van der Waals surface area contributed by atoms with Gasteiger partial charge in [-0.15, -0.1) is 0 Å². The molecule has 4 N–H and O–H groups in total. The number of ether oxygens (including phenoxy) is 1. The Bertz CT molecular complexity index is 1490. The first-order valence-corrected chi connectivity index (χ1v) is 14.6. The van der Waals surface area contributed by atoms with Crippen LogP contribution in [0.2, 0.25) is 0 Å². The Morgan fingerprint density at radius 2 is 1.76 bits per heavy atom. The molecule has 0 unspecified atom stereocenters. The van der Waals surface area contributed by atoms with E-state index in [-0.39, 0.29) is 17.6 Å². The largest absolute Gasteiger partial charge is 0.494 e. The maximum Gasteiger partial charge on any atom is 0.247 e. The molecule has 0 bridgehead atoms. The highest BCUT2D eigenvalue weighted by molar-refractivity contribution is 7.92. The van der Waals surface area contributed by atoms with Crippen LogP contribution in [-0.2, 0) is 14.8 Å². The van der Waals surface area contributed by atoms with Gasteiger partial charge in [0.2, 0.25) is 21.9 Å². The third-order valence-corrected chi connectivity index (χ3v) is 7.39. The molecule has 0 spiro atoms. The van der Waals surface area contributed by atoms with Crippen molar-refractivity contribution in [3.05, 3.63) is 60.8 Å². The third kappa shape index (κ3) is 8.56. The van der Waals surface area contributed by atoms with Gasteiger partial charge in [0.1, 0.15) is 11.6 Å². The van der Waals surface area contributed by atoms with Gasteiger partial charge in [-0.05, 0) is 52.2 Å². The van der Waals surface area contributed by atoms with E-state index in [1.165, 1.54) is 6.08 Å². The summed E-state index contributed by atoms with van der Waals surface area (Å²) in [7, 11) is 4.01. The fraction of sp³-hybridized carbons (Fsp3) is 0.321. The molecule has 0 aliphatic rings. The van der Waals surface area contributed by atoms with E-state index in [0.717, 1.165) is 17.8 Å². The summed E-state index contributed by atoms with van der Waals surface area (Å²) in [5.41, 5.74) is 3.54. The number of benzene rings is 2. The van der Waals surface area contributed by atoms with Crippen LogP contribution < -0.4 is 30.3 Å². The Kier molecular flexibility index (Phi) is 10.5. The smallest absolute Gasteiger partial charge is 0.247 e. The summed E-state index contributed by atoms with van der Waals surface area (Å²) in [6.45, 7) is 8.49. The van der Waals surface area contributed by atoms with Gasteiger partial charge in [0.15, 0.2) is 0 Å². The second-order valence-electron chi connectivity index (χ2n) is 9.51. The molecule has 1 amide bonds. The number of carbonyl (C=O) groups excluding carboxylic acids is 1. The number of amides is 1. The number of hydrogen-bond donors (Lipinski definition) is 4. The lowest BCUT2D eigenvalue weighted by Crippen LogP contribution is -2.29. The number of nitrogens with zero attached hydrogens (tertiary/aromatic N) is 4. The minimum Gasteiger partial charge on any atom is -0.494 e. The van der Waals surface area contributed by atoms with Gasteiger partial charge >= 0.3 is 0 Å². The van der Waals surface area contributed by atoms with Crippen LogP contribution in [-0.4, -0.2) is 76.3 Å². The highest BCUT2D eigenvalue weighted by Crippen LogP contribution is 2.38. The molecule has 220 valence electrons. The second kappa shape index (κ2) is 13.8. The fourth-order valence-electron chi connectivity index (χ4n) is 3.70. The van der Waals surface area contributed by atoms with Crippen molar-refractivity contribution in [1.29, 1.82) is 0 Å². The molecule has 0 atom stereocenters. The van der Waals surface area contributed by atoms with E-state index in [1.54, 1.807) is 50.6 Å². The number of aromatic nitrogens is 2. The Labute approximate surface area is 241 Å². The van der Waals surface area contributed by atoms with Crippen LogP contribution in [0, 0.1) is 6.92 Å². The zero-order valence-corrected chi connectivity index (χ0v) is 25.1. The van der Waals surface area contributed by atoms with Gasteiger partial charge in [-0.1, -0.05) is 18.7 Å². The average molecular weight is 583 g/mol. The van der Waals surface area contributed by atoms with Gasteiger partial charge in [0, 0.05) is 38.0 Å². The molecule has 41 heavy (non-hydrogen) atoms. The SMILES string of the molecule is C=CC(=O)Nc1cc(Nc2ncc(C)c(Nc3ccccc3NS(=O)(=O)CC)n2)c(OC)cc1N(C)CCN(C)C. The molecule has 0 fully saturated rings. The first kappa shape index (κ1) is 31.2. The molecular formula is C28H38N8O4S. The normalized spacial score (nSPS) is 11.1. The van der Waals surface area contributed by atoms with Crippen molar-refractivity contribution < 1.29 is 17.9 Å². The summed E-state index contributed by atoms with van der Waals surface area (Å²) in [5.74, 6) is 0.858. The molecule has 0 saturated heterocycles. The van der Waals surface area contributed by atoms with Crippen LogP contribution in [0.4, 0.5) is 40.2 Å². The summed E-state index contributed by atoms with van der Waals surface area (Å²) in [4.78, 5) is 25.4. The Morgan fingerprint density at radius 1 is 1.05 bits per heavy atom. The molecule has 0 aliphatic carbocycles. The number of carbonyl (C=O) groups is 1. The topological polar surface area (TPSA) is 141 Å². The molecular weight excluding hydrogens is 544 g/mol. The summed E-state index contributed by atoms with van der Waals surface area (Å²) < 4.78 is 32.6. The van der Waals surface area contributed by atoms with E-state index < -0.39 is 10.0 Å². The molecule has 1 aromatic heterocycles.